The molecule has 0 N–H and O–H groups in total. The van der Waals surface area contributed by atoms with Crippen LogP contribution < -0.4 is 4.90 Å². The number of thiophene rings is 1. The van der Waals surface area contributed by atoms with Crippen LogP contribution in [0, 0.1) is 0 Å². The fraction of sp³-hybridized carbons (Fsp3) is 0. The van der Waals surface area contributed by atoms with Crippen LogP contribution in [0.25, 0.3) is 86.3 Å². The Balaban J connectivity index is 1.24. The van der Waals surface area contributed by atoms with E-state index in [9.17, 15) is 0 Å². The third kappa shape index (κ3) is 5.24. The van der Waals surface area contributed by atoms with Crippen LogP contribution in [0.2, 0.25) is 0 Å². The number of nitrogens with zero attached hydrogens (tertiary/aromatic N) is 1. The van der Waals surface area contributed by atoms with Crippen LogP contribution >= 0.6 is 11.3 Å². The third-order valence-corrected chi connectivity index (χ3v) is 12.1. The van der Waals surface area contributed by atoms with Crippen molar-refractivity contribution in [1.29, 1.82) is 0 Å². The molecule has 2 nitrogen and oxygen atoms in total. The van der Waals surface area contributed by atoms with Crippen LogP contribution in [0.4, 0.5) is 17.1 Å². The van der Waals surface area contributed by atoms with E-state index < -0.39 is 0 Å². The molecule has 2 heterocycles. The summed E-state index contributed by atoms with van der Waals surface area (Å²) in [5.41, 5.74) is 12.1. The number of hydrogen-bond donors (Lipinski definition) is 0. The molecule has 0 spiro atoms. The molecule has 0 aliphatic heterocycles. The first kappa shape index (κ1) is 31.6. The van der Waals surface area contributed by atoms with Crippen LogP contribution in [0.5, 0.6) is 0 Å². The van der Waals surface area contributed by atoms with Gasteiger partial charge in [-0.15, -0.1) is 11.3 Å². The first-order valence-corrected chi connectivity index (χ1v) is 19.5. The van der Waals surface area contributed by atoms with Crippen LogP contribution in [0.3, 0.4) is 0 Å². The van der Waals surface area contributed by atoms with Crippen molar-refractivity contribution in [3.8, 4) is 33.4 Å². The van der Waals surface area contributed by atoms with Crippen molar-refractivity contribution < 1.29 is 4.42 Å². The lowest BCUT2D eigenvalue weighted by Gasteiger charge is -2.28. The second kappa shape index (κ2) is 12.9. The minimum atomic E-state index is 0.868. The second-order valence-corrected chi connectivity index (χ2v) is 15.1. The molecule has 0 fully saturated rings. The maximum absolute atomic E-state index is 6.92. The van der Waals surface area contributed by atoms with Crippen molar-refractivity contribution in [2.75, 3.05) is 4.90 Å². The van der Waals surface area contributed by atoms with Gasteiger partial charge in [-0.3, -0.25) is 0 Å². The molecule has 11 aromatic rings. The molecular weight excluding hydrogens is 687 g/mol. The largest absolute Gasteiger partial charge is 0.455 e. The van der Waals surface area contributed by atoms with Gasteiger partial charge in [0.15, 0.2) is 0 Å². The lowest BCUT2D eigenvalue weighted by atomic mass is 9.94. The predicted molar refractivity (Wildman–Crippen MR) is 235 cm³/mol. The van der Waals surface area contributed by atoms with E-state index in [1.807, 2.05) is 11.3 Å². The monoisotopic (exact) mass is 719 g/mol. The lowest BCUT2D eigenvalue weighted by Crippen LogP contribution is -2.11. The average molecular weight is 720 g/mol. The molecule has 0 radical (unpaired) electrons. The molecule has 0 atom stereocenters. The van der Waals surface area contributed by atoms with Crippen LogP contribution in [-0.2, 0) is 0 Å². The van der Waals surface area contributed by atoms with Gasteiger partial charge in [-0.25, -0.2) is 0 Å². The summed E-state index contributed by atoms with van der Waals surface area (Å²) in [6.07, 6.45) is 0. The first-order valence-electron chi connectivity index (χ1n) is 18.7. The summed E-state index contributed by atoms with van der Waals surface area (Å²) in [6.45, 7) is 0. The second-order valence-electron chi connectivity index (χ2n) is 14.0. The molecule has 11 rings (SSSR count). The maximum atomic E-state index is 6.92. The summed E-state index contributed by atoms with van der Waals surface area (Å²) >= 11 is 1.86. The van der Waals surface area contributed by atoms with Crippen molar-refractivity contribution in [2.24, 2.45) is 0 Å². The molecule has 258 valence electrons. The highest BCUT2D eigenvalue weighted by molar-refractivity contribution is 7.26. The number of rotatable bonds is 6. The molecule has 2 aromatic heterocycles. The normalized spacial score (nSPS) is 11.6. The van der Waals surface area contributed by atoms with Gasteiger partial charge >= 0.3 is 0 Å². The molecule has 55 heavy (non-hydrogen) atoms. The highest BCUT2D eigenvalue weighted by Gasteiger charge is 2.24. The number of fused-ring (bicyclic) bond motifs is 8. The third-order valence-electron chi connectivity index (χ3n) is 10.9. The van der Waals surface area contributed by atoms with Gasteiger partial charge in [-0.1, -0.05) is 158 Å². The summed E-state index contributed by atoms with van der Waals surface area (Å²) in [4.78, 5) is 2.46. The smallest absolute Gasteiger partial charge is 0.143 e. The zero-order valence-electron chi connectivity index (χ0n) is 29.8. The van der Waals surface area contributed by atoms with Crippen molar-refractivity contribution in [3.63, 3.8) is 0 Å². The zero-order chi connectivity index (χ0) is 36.3. The van der Waals surface area contributed by atoms with E-state index in [-0.39, 0.29) is 0 Å². The van der Waals surface area contributed by atoms with E-state index >= 15 is 0 Å². The van der Waals surface area contributed by atoms with E-state index in [0.29, 0.717) is 0 Å². The number of benzene rings is 9. The van der Waals surface area contributed by atoms with Gasteiger partial charge in [0.2, 0.25) is 0 Å². The summed E-state index contributed by atoms with van der Waals surface area (Å²) in [6, 6.07) is 72.1. The minimum Gasteiger partial charge on any atom is -0.455 e. The highest BCUT2D eigenvalue weighted by atomic mass is 32.1. The van der Waals surface area contributed by atoms with Gasteiger partial charge in [0.1, 0.15) is 11.2 Å². The van der Waals surface area contributed by atoms with Crippen LogP contribution in [0.15, 0.2) is 205 Å². The van der Waals surface area contributed by atoms with Crippen LogP contribution in [-0.4, -0.2) is 0 Å². The fourth-order valence-corrected chi connectivity index (χ4v) is 9.48. The van der Waals surface area contributed by atoms with Gasteiger partial charge in [-0.05, 0) is 75.7 Å². The Morgan fingerprint density at radius 2 is 0.945 bits per heavy atom. The molecule has 0 amide bonds. The average Bonchev–Trinajstić information content (AvgIpc) is 3.83. The Morgan fingerprint density at radius 1 is 0.364 bits per heavy atom. The maximum Gasteiger partial charge on any atom is 0.143 e. The lowest BCUT2D eigenvalue weighted by molar-refractivity contribution is 0.673. The Hall–Kier alpha value is -6.94. The molecule has 0 unspecified atom stereocenters. The predicted octanol–water partition coefficient (Wildman–Crippen LogP) is 15.6. The van der Waals surface area contributed by atoms with E-state index in [1.165, 1.54) is 47.8 Å². The number of furan rings is 1. The van der Waals surface area contributed by atoms with Crippen molar-refractivity contribution in [3.05, 3.63) is 200 Å². The Bertz CT molecular complexity index is 3180. The molecule has 3 heteroatoms. The van der Waals surface area contributed by atoms with E-state index in [4.69, 9.17) is 4.42 Å². The van der Waals surface area contributed by atoms with Gasteiger partial charge in [0.25, 0.3) is 0 Å². The van der Waals surface area contributed by atoms with Crippen molar-refractivity contribution in [2.45, 2.75) is 0 Å². The molecule has 0 aliphatic carbocycles. The summed E-state index contributed by atoms with van der Waals surface area (Å²) in [5.74, 6) is 0. The quantitative estimate of drug-likeness (QED) is 0.170. The first-order chi connectivity index (χ1) is 27.3. The standard InChI is InChI=1S/C52H33NOS/c1-4-15-34(16-5-1)35-27-29-38(30-28-35)53(47-25-14-24-42-40-22-12-13-26-50(40)55-52(42)47)48-32-45-46-31-43(36-17-6-2-7-18-36)39-21-10-11-23-41(39)51(46)54-49(45)33-44(48)37-19-8-3-9-20-37/h1-33H. The Morgan fingerprint density at radius 3 is 1.67 bits per heavy atom. The number of anilines is 3. The zero-order valence-corrected chi connectivity index (χ0v) is 30.6. The molecule has 0 aliphatic rings. The van der Waals surface area contributed by atoms with E-state index in [2.05, 4.69) is 205 Å². The topological polar surface area (TPSA) is 16.4 Å². The molecule has 0 saturated carbocycles. The summed E-state index contributed by atoms with van der Waals surface area (Å²) in [5, 5.41) is 7.03. The van der Waals surface area contributed by atoms with Crippen molar-refractivity contribution >= 4 is 81.3 Å². The van der Waals surface area contributed by atoms with Gasteiger partial charge in [-0.2, -0.15) is 0 Å². The van der Waals surface area contributed by atoms with Gasteiger partial charge in [0.05, 0.1) is 16.1 Å². The highest BCUT2D eigenvalue weighted by Crippen LogP contribution is 2.50. The fourth-order valence-electron chi connectivity index (χ4n) is 8.27. The molecule has 9 aromatic carbocycles. The SMILES string of the molecule is c1ccc(-c2ccc(N(c3cc4c(cc3-c3ccccc3)oc3c5ccccc5c(-c5ccccc5)cc43)c3cccc4c3sc3ccccc34)cc2)cc1. The van der Waals surface area contributed by atoms with Crippen molar-refractivity contribution in [1.82, 2.24) is 0 Å². The summed E-state index contributed by atoms with van der Waals surface area (Å²) in [7, 11) is 0. The Kier molecular flexibility index (Phi) is 7.39. The molecular formula is C52H33NOS. The van der Waals surface area contributed by atoms with Crippen LogP contribution in [0.1, 0.15) is 0 Å². The van der Waals surface area contributed by atoms with E-state index in [0.717, 1.165) is 55.5 Å². The number of hydrogen-bond acceptors (Lipinski definition) is 3. The summed E-state index contributed by atoms with van der Waals surface area (Å²) < 4.78 is 9.46. The minimum absolute atomic E-state index is 0.868. The van der Waals surface area contributed by atoms with Gasteiger partial charge in [0, 0.05) is 42.9 Å². The van der Waals surface area contributed by atoms with Gasteiger partial charge < -0.3 is 9.32 Å². The molecule has 0 saturated heterocycles. The Labute approximate surface area is 322 Å². The molecule has 0 bridgehead atoms. The van der Waals surface area contributed by atoms with E-state index in [1.54, 1.807) is 0 Å².